The van der Waals surface area contributed by atoms with E-state index in [0.717, 1.165) is 38.4 Å². The highest BCUT2D eigenvalue weighted by molar-refractivity contribution is 6.29. The van der Waals surface area contributed by atoms with Crippen molar-refractivity contribution in [1.29, 1.82) is 0 Å². The van der Waals surface area contributed by atoms with Crippen LogP contribution in [-0.2, 0) is 0 Å². The fourth-order valence-electron chi connectivity index (χ4n) is 2.93. The number of anilines is 1. The summed E-state index contributed by atoms with van der Waals surface area (Å²) in [7, 11) is 0. The van der Waals surface area contributed by atoms with Gasteiger partial charge in [-0.15, -0.1) is 0 Å². The predicted molar refractivity (Wildman–Crippen MR) is 98.1 cm³/mol. The molecule has 0 N–H and O–H groups in total. The zero-order valence-electron chi connectivity index (χ0n) is 13.5. The van der Waals surface area contributed by atoms with Crippen molar-refractivity contribution in [1.82, 2.24) is 9.88 Å². The number of pyridine rings is 1. The monoisotopic (exact) mass is 327 g/mol. The summed E-state index contributed by atoms with van der Waals surface area (Å²) < 4.78 is 0. The fraction of sp³-hybridized carbons (Fsp3) is 0.316. The first kappa shape index (κ1) is 16.0. The van der Waals surface area contributed by atoms with Crippen molar-refractivity contribution < 1.29 is 0 Å². The number of benzene rings is 1. The SMILES string of the molecule is Cc1nc(Cl)ccc1N1CCN(C/C=C/c2ccccc2)CC1. The van der Waals surface area contributed by atoms with E-state index in [4.69, 9.17) is 11.6 Å². The minimum absolute atomic E-state index is 0.566. The summed E-state index contributed by atoms with van der Waals surface area (Å²) in [5, 5.41) is 0.566. The smallest absolute Gasteiger partial charge is 0.129 e. The van der Waals surface area contributed by atoms with Crippen LogP contribution in [-0.4, -0.2) is 42.6 Å². The molecule has 1 fully saturated rings. The van der Waals surface area contributed by atoms with E-state index in [0.29, 0.717) is 5.15 Å². The molecule has 23 heavy (non-hydrogen) atoms. The van der Waals surface area contributed by atoms with E-state index in [1.807, 2.05) is 19.1 Å². The third kappa shape index (κ3) is 4.34. The Kier molecular flexibility index (Phi) is 5.31. The first-order valence-electron chi connectivity index (χ1n) is 8.04. The van der Waals surface area contributed by atoms with Crippen LogP contribution >= 0.6 is 11.6 Å². The largest absolute Gasteiger partial charge is 0.368 e. The van der Waals surface area contributed by atoms with Crippen LogP contribution < -0.4 is 4.90 Å². The third-order valence-corrected chi connectivity index (χ3v) is 4.42. The molecule has 1 saturated heterocycles. The first-order valence-corrected chi connectivity index (χ1v) is 8.42. The highest BCUT2D eigenvalue weighted by Crippen LogP contribution is 2.21. The fourth-order valence-corrected chi connectivity index (χ4v) is 3.12. The molecule has 0 bridgehead atoms. The van der Waals surface area contributed by atoms with Crippen LogP contribution in [0.5, 0.6) is 0 Å². The molecule has 3 rings (SSSR count). The Balaban J connectivity index is 1.51. The maximum Gasteiger partial charge on any atom is 0.129 e. The second-order valence-electron chi connectivity index (χ2n) is 5.84. The summed E-state index contributed by atoms with van der Waals surface area (Å²) in [5.74, 6) is 0. The maximum atomic E-state index is 5.94. The van der Waals surface area contributed by atoms with Crippen molar-refractivity contribution in [3.05, 3.63) is 65.0 Å². The van der Waals surface area contributed by atoms with E-state index in [1.54, 1.807) is 0 Å². The Hall–Kier alpha value is -1.84. The highest BCUT2D eigenvalue weighted by atomic mass is 35.5. The second kappa shape index (κ2) is 7.62. The summed E-state index contributed by atoms with van der Waals surface area (Å²) in [6.07, 6.45) is 4.44. The van der Waals surface area contributed by atoms with Gasteiger partial charge in [-0.05, 0) is 24.6 Å². The molecule has 3 nitrogen and oxygen atoms in total. The van der Waals surface area contributed by atoms with E-state index in [-0.39, 0.29) is 0 Å². The van der Waals surface area contributed by atoms with Crippen LogP contribution in [0.15, 0.2) is 48.5 Å². The topological polar surface area (TPSA) is 19.4 Å². The Morgan fingerprint density at radius 1 is 1.04 bits per heavy atom. The lowest BCUT2D eigenvalue weighted by Gasteiger charge is -2.36. The van der Waals surface area contributed by atoms with Crippen LogP contribution in [0.3, 0.4) is 0 Å². The quantitative estimate of drug-likeness (QED) is 0.794. The summed E-state index contributed by atoms with van der Waals surface area (Å²) in [4.78, 5) is 9.23. The Labute approximate surface area is 143 Å². The van der Waals surface area contributed by atoms with Gasteiger partial charge in [-0.25, -0.2) is 4.98 Å². The van der Waals surface area contributed by atoms with Crippen molar-refractivity contribution in [2.45, 2.75) is 6.92 Å². The van der Waals surface area contributed by atoms with Gasteiger partial charge in [-0.2, -0.15) is 0 Å². The van der Waals surface area contributed by atoms with Gasteiger partial charge in [0.1, 0.15) is 5.15 Å². The molecule has 1 aromatic carbocycles. The summed E-state index contributed by atoms with van der Waals surface area (Å²) in [5.41, 5.74) is 3.47. The van der Waals surface area contributed by atoms with Crippen LogP contribution in [0.1, 0.15) is 11.3 Å². The van der Waals surface area contributed by atoms with Crippen molar-refractivity contribution >= 4 is 23.4 Å². The molecule has 0 aliphatic carbocycles. The van der Waals surface area contributed by atoms with Gasteiger partial charge >= 0.3 is 0 Å². The molecule has 1 aromatic heterocycles. The first-order chi connectivity index (χ1) is 11.2. The molecule has 0 spiro atoms. The zero-order valence-corrected chi connectivity index (χ0v) is 14.2. The van der Waals surface area contributed by atoms with Crippen LogP contribution in [0.4, 0.5) is 5.69 Å². The third-order valence-electron chi connectivity index (χ3n) is 4.21. The summed E-state index contributed by atoms with van der Waals surface area (Å²) in [6, 6.07) is 14.4. The van der Waals surface area contributed by atoms with Gasteiger partial charge in [-0.1, -0.05) is 54.1 Å². The van der Waals surface area contributed by atoms with Gasteiger partial charge in [0.15, 0.2) is 0 Å². The average Bonchev–Trinajstić information content (AvgIpc) is 2.57. The molecular weight excluding hydrogens is 306 g/mol. The van der Waals surface area contributed by atoms with Crippen LogP contribution in [0, 0.1) is 6.92 Å². The van der Waals surface area contributed by atoms with Gasteiger partial charge < -0.3 is 4.90 Å². The minimum Gasteiger partial charge on any atom is -0.368 e. The van der Waals surface area contributed by atoms with Gasteiger partial charge in [0, 0.05) is 32.7 Å². The van der Waals surface area contributed by atoms with Crippen LogP contribution in [0.2, 0.25) is 5.15 Å². The Morgan fingerprint density at radius 3 is 2.48 bits per heavy atom. The molecule has 0 radical (unpaired) electrons. The van der Waals surface area contributed by atoms with Crippen molar-refractivity contribution in [3.63, 3.8) is 0 Å². The number of hydrogen-bond donors (Lipinski definition) is 0. The average molecular weight is 328 g/mol. The number of aromatic nitrogens is 1. The molecule has 1 aliphatic heterocycles. The normalized spacial score (nSPS) is 16.2. The van der Waals surface area contributed by atoms with Crippen LogP contribution in [0.25, 0.3) is 6.08 Å². The number of rotatable bonds is 4. The second-order valence-corrected chi connectivity index (χ2v) is 6.23. The highest BCUT2D eigenvalue weighted by Gasteiger charge is 2.18. The molecule has 0 amide bonds. The lowest BCUT2D eigenvalue weighted by molar-refractivity contribution is 0.284. The summed E-state index contributed by atoms with van der Waals surface area (Å²) in [6.45, 7) is 7.23. The molecule has 2 heterocycles. The van der Waals surface area contributed by atoms with E-state index >= 15 is 0 Å². The molecule has 4 heteroatoms. The van der Waals surface area contributed by atoms with Crippen molar-refractivity contribution in [2.24, 2.45) is 0 Å². The van der Waals surface area contributed by atoms with E-state index in [9.17, 15) is 0 Å². The van der Waals surface area contributed by atoms with E-state index < -0.39 is 0 Å². The maximum absolute atomic E-state index is 5.94. The molecule has 0 unspecified atom stereocenters. The number of piperazine rings is 1. The lowest BCUT2D eigenvalue weighted by atomic mass is 10.2. The number of nitrogens with zero attached hydrogens (tertiary/aromatic N) is 3. The Morgan fingerprint density at radius 2 is 1.78 bits per heavy atom. The van der Waals surface area contributed by atoms with Gasteiger partial charge in [0.2, 0.25) is 0 Å². The molecular formula is C19H22ClN3. The van der Waals surface area contributed by atoms with E-state index in [2.05, 4.69) is 57.3 Å². The molecule has 1 aliphatic rings. The number of hydrogen-bond acceptors (Lipinski definition) is 3. The molecule has 120 valence electrons. The van der Waals surface area contributed by atoms with Gasteiger partial charge in [-0.3, -0.25) is 4.90 Å². The molecule has 0 atom stereocenters. The van der Waals surface area contributed by atoms with Gasteiger partial charge in [0.25, 0.3) is 0 Å². The molecule has 0 saturated carbocycles. The zero-order chi connectivity index (χ0) is 16.1. The summed E-state index contributed by atoms with van der Waals surface area (Å²) >= 11 is 5.94. The number of halogens is 1. The van der Waals surface area contributed by atoms with E-state index in [1.165, 1.54) is 11.3 Å². The number of aryl methyl sites for hydroxylation is 1. The van der Waals surface area contributed by atoms with Crippen molar-refractivity contribution in [3.8, 4) is 0 Å². The minimum atomic E-state index is 0.566. The predicted octanol–water partition coefficient (Wildman–Crippen LogP) is 3.88. The lowest BCUT2D eigenvalue weighted by Crippen LogP contribution is -2.46. The molecule has 2 aromatic rings. The standard InChI is InChI=1S/C19H22ClN3/c1-16-18(9-10-19(20)21-16)23-14-12-22(13-15-23)11-5-8-17-6-3-2-4-7-17/h2-10H,11-15H2,1H3/b8-5+. The van der Waals surface area contributed by atoms with Gasteiger partial charge in [0.05, 0.1) is 11.4 Å². The Bertz CT molecular complexity index is 662. The van der Waals surface area contributed by atoms with Crippen molar-refractivity contribution in [2.75, 3.05) is 37.6 Å².